The van der Waals surface area contributed by atoms with Crippen molar-refractivity contribution in [3.05, 3.63) is 9.29 Å². The van der Waals surface area contributed by atoms with Crippen LogP contribution in [-0.4, -0.2) is 24.2 Å². The number of rotatable bonds is 5. The number of hydrogen-bond donors (Lipinski definition) is 0. The molecule has 0 aliphatic heterocycles. The predicted octanol–water partition coefficient (Wildman–Crippen LogP) is 4.62. The minimum atomic E-state index is -2.07. The van der Waals surface area contributed by atoms with Crippen molar-refractivity contribution in [1.82, 2.24) is 0 Å². The van der Waals surface area contributed by atoms with Crippen molar-refractivity contribution >= 4 is 36.9 Å². The Morgan fingerprint density at radius 1 is 1.40 bits per heavy atom. The van der Waals surface area contributed by atoms with E-state index in [0.29, 0.717) is 6.42 Å². The number of nitriles is 1. The molecule has 0 saturated heterocycles. The van der Waals surface area contributed by atoms with E-state index in [4.69, 9.17) is 5.26 Å². The average molecular weight is 395 g/mol. The van der Waals surface area contributed by atoms with Crippen LogP contribution in [0.25, 0.3) is 0 Å². The summed E-state index contributed by atoms with van der Waals surface area (Å²) in [5, 5.41) is 8.56. The molecule has 0 spiro atoms. The quantitative estimate of drug-likeness (QED) is 0.493. The predicted molar refractivity (Wildman–Crippen MR) is 77.3 cm³/mol. The summed E-state index contributed by atoms with van der Waals surface area (Å²) in [5.74, 6) is 0. The third-order valence-corrected chi connectivity index (χ3v) is 13.0. The summed E-state index contributed by atoms with van der Waals surface area (Å²) < 4.78 is 1.67. The van der Waals surface area contributed by atoms with E-state index in [-0.39, 0.29) is 0 Å². The maximum atomic E-state index is 8.56. The van der Waals surface area contributed by atoms with E-state index in [1.807, 2.05) is 0 Å². The summed E-state index contributed by atoms with van der Waals surface area (Å²) in [7, 11) is -1.11. The molecule has 0 amide bonds. The van der Waals surface area contributed by atoms with Gasteiger partial charge in [-0.15, -0.1) is 0 Å². The summed E-state index contributed by atoms with van der Waals surface area (Å²) in [6, 6.07) is 2.23. The Labute approximate surface area is 106 Å². The molecule has 0 heterocycles. The van der Waals surface area contributed by atoms with E-state index in [9.17, 15) is 0 Å². The summed E-state index contributed by atoms with van der Waals surface area (Å²) in [6.45, 7) is 7.13. The van der Waals surface area contributed by atoms with Crippen molar-refractivity contribution in [3.8, 4) is 6.07 Å². The molecule has 0 aromatic rings. The molecule has 0 fully saturated rings. The molecule has 0 aromatic carbocycles. The van der Waals surface area contributed by atoms with Gasteiger partial charge in [0, 0.05) is 0 Å². The first-order valence-electron chi connectivity index (χ1n) is 5.45. The molecule has 1 nitrogen and oxygen atoms in total. The van der Waals surface area contributed by atoms with Crippen LogP contribution in [0.3, 0.4) is 0 Å². The molecule has 0 saturated carbocycles. The van der Waals surface area contributed by atoms with Gasteiger partial charge in [-0.25, -0.2) is 0 Å². The Morgan fingerprint density at radius 3 is 2.27 bits per heavy atom. The first-order chi connectivity index (χ1) is 6.67. The van der Waals surface area contributed by atoms with Crippen LogP contribution in [0.1, 0.15) is 19.3 Å². The van der Waals surface area contributed by atoms with Gasteiger partial charge in [0.1, 0.15) is 0 Å². The normalized spacial score (nSPS) is 13.8. The molecule has 0 aliphatic rings. The van der Waals surface area contributed by atoms with Gasteiger partial charge >= 0.3 is 106 Å². The average Bonchev–Trinajstić information content (AvgIpc) is 1.99. The number of halogens is 1. The van der Waals surface area contributed by atoms with Gasteiger partial charge in [-0.05, 0) is 0 Å². The Morgan fingerprint density at radius 2 is 1.93 bits per heavy atom. The molecule has 0 N–H and O–H groups in total. The molecular weight excluding hydrogens is 373 g/mol. The third kappa shape index (κ3) is 8.52. The number of allylic oxidation sites excluding steroid dienone is 1. The Kier molecular flexibility index (Phi) is 6.77. The fourth-order valence-corrected chi connectivity index (χ4v) is 15.4. The SMILES string of the molecule is C[Si](C)(C)/C=[C](/CCCC#N)[Sn]([CH3])([CH3])[Br]. The fourth-order valence-electron chi connectivity index (χ4n) is 1.42. The van der Waals surface area contributed by atoms with Gasteiger partial charge in [-0.1, -0.05) is 0 Å². The van der Waals surface area contributed by atoms with Crippen LogP contribution in [-0.2, 0) is 0 Å². The molecule has 0 unspecified atom stereocenters. The van der Waals surface area contributed by atoms with E-state index < -0.39 is 24.2 Å². The van der Waals surface area contributed by atoms with Gasteiger partial charge in [-0.2, -0.15) is 0 Å². The number of unbranched alkanes of at least 4 members (excludes halogenated alkanes) is 1. The van der Waals surface area contributed by atoms with Crippen LogP contribution in [0, 0.1) is 11.3 Å². The van der Waals surface area contributed by atoms with Crippen LogP contribution in [0.15, 0.2) is 9.29 Å². The van der Waals surface area contributed by atoms with E-state index in [2.05, 4.69) is 54.0 Å². The maximum absolute atomic E-state index is 8.56. The molecule has 0 bridgehead atoms. The zero-order valence-electron chi connectivity index (χ0n) is 10.5. The van der Waals surface area contributed by atoms with Crippen molar-refractivity contribution in [2.75, 3.05) is 0 Å². The van der Waals surface area contributed by atoms with Crippen molar-refractivity contribution in [2.24, 2.45) is 0 Å². The van der Waals surface area contributed by atoms with Crippen molar-refractivity contribution in [3.63, 3.8) is 0 Å². The molecule has 0 atom stereocenters. The second-order valence-corrected chi connectivity index (χ2v) is 34.1. The van der Waals surface area contributed by atoms with Crippen molar-refractivity contribution < 1.29 is 0 Å². The van der Waals surface area contributed by atoms with Gasteiger partial charge in [-0.3, -0.25) is 0 Å². The van der Waals surface area contributed by atoms with Gasteiger partial charge in [0.25, 0.3) is 0 Å². The first kappa shape index (κ1) is 15.7. The Balaban J connectivity index is 4.63. The van der Waals surface area contributed by atoms with Gasteiger partial charge in [0.2, 0.25) is 0 Å². The molecule has 86 valence electrons. The van der Waals surface area contributed by atoms with Crippen LogP contribution in [0.2, 0.25) is 29.5 Å². The Bertz CT molecular complexity index is 268. The topological polar surface area (TPSA) is 23.8 Å². The number of nitrogens with zero attached hydrogens (tertiary/aromatic N) is 1. The summed E-state index contributed by atoms with van der Waals surface area (Å²) in [6.07, 6.45) is 2.85. The number of hydrogen-bond acceptors (Lipinski definition) is 1. The van der Waals surface area contributed by atoms with Crippen LogP contribution >= 0.6 is 12.7 Å². The van der Waals surface area contributed by atoms with E-state index in [1.54, 1.807) is 3.59 Å². The Hall–Kier alpha value is 0.726. The molecule has 0 aliphatic carbocycles. The van der Waals surface area contributed by atoms with Gasteiger partial charge in [0.15, 0.2) is 0 Å². The van der Waals surface area contributed by atoms with E-state index >= 15 is 0 Å². The second-order valence-electron chi connectivity index (χ2n) is 5.52. The van der Waals surface area contributed by atoms with Crippen molar-refractivity contribution in [1.29, 1.82) is 5.26 Å². The zero-order chi connectivity index (χ0) is 12.1. The molecule has 0 aromatic heterocycles. The summed E-state index contributed by atoms with van der Waals surface area (Å²) in [5.41, 5.74) is 2.55. The van der Waals surface area contributed by atoms with Gasteiger partial charge in [0.05, 0.1) is 0 Å². The van der Waals surface area contributed by atoms with E-state index in [1.165, 1.54) is 0 Å². The summed E-state index contributed by atoms with van der Waals surface area (Å²) in [4.78, 5) is 4.79. The monoisotopic (exact) mass is 395 g/mol. The third-order valence-electron chi connectivity index (χ3n) is 2.11. The fraction of sp³-hybridized carbons (Fsp3) is 0.727. The van der Waals surface area contributed by atoms with Crippen LogP contribution in [0.4, 0.5) is 0 Å². The van der Waals surface area contributed by atoms with Crippen LogP contribution < -0.4 is 0 Å². The minimum absolute atomic E-state index is 0.692. The first-order valence-corrected chi connectivity index (χ1v) is 22.6. The molecule has 15 heavy (non-hydrogen) atoms. The molecule has 0 radical (unpaired) electrons. The van der Waals surface area contributed by atoms with Gasteiger partial charge < -0.3 is 0 Å². The molecule has 0 rings (SSSR count). The van der Waals surface area contributed by atoms with Crippen LogP contribution in [0.5, 0.6) is 0 Å². The summed E-state index contributed by atoms with van der Waals surface area (Å²) >= 11 is 1.86. The second kappa shape index (κ2) is 6.46. The zero-order valence-corrected chi connectivity index (χ0v) is 16.0. The molecule has 4 heteroatoms. The van der Waals surface area contributed by atoms with Crippen molar-refractivity contribution in [2.45, 2.75) is 48.8 Å². The van der Waals surface area contributed by atoms with E-state index in [0.717, 1.165) is 12.8 Å². The molecular formula is C11H22BrNSiSn. The standard InChI is InChI=1S/C9H16NSi.2CH3.BrH.Sn/c1-11(2,3)9-7-5-4-6-8-10;;;;/h9H,4-6H2,1-3H3;2*1H3;1H;/q;;;;+1/p-1.